The molecule has 0 unspecified atom stereocenters. The van der Waals surface area contributed by atoms with Crippen LogP contribution in [0.5, 0.6) is 0 Å². The van der Waals surface area contributed by atoms with E-state index in [0.29, 0.717) is 12.2 Å². The Morgan fingerprint density at radius 1 is 1.00 bits per heavy atom. The van der Waals surface area contributed by atoms with Gasteiger partial charge < -0.3 is 4.74 Å². The molecule has 0 amide bonds. The third-order valence-electron chi connectivity index (χ3n) is 3.06. The quantitative estimate of drug-likeness (QED) is 0.641. The zero-order valence-corrected chi connectivity index (χ0v) is 9.57. The van der Waals surface area contributed by atoms with E-state index >= 15 is 0 Å². The van der Waals surface area contributed by atoms with Gasteiger partial charge in [-0.1, -0.05) is 42.0 Å². The molecule has 1 aliphatic heterocycles. The maximum atomic E-state index is 11.8. The van der Waals surface area contributed by atoms with E-state index in [-0.39, 0.29) is 5.97 Å². The largest absolute Gasteiger partial charge is 0.457 e. The zero-order chi connectivity index (χ0) is 11.8. The van der Waals surface area contributed by atoms with Crippen LogP contribution >= 0.6 is 0 Å². The van der Waals surface area contributed by atoms with Gasteiger partial charge in [-0.15, -0.1) is 0 Å². The van der Waals surface area contributed by atoms with E-state index in [0.717, 1.165) is 16.7 Å². The Bertz CT molecular complexity index is 600. The van der Waals surface area contributed by atoms with E-state index in [2.05, 4.69) is 18.2 Å². The van der Waals surface area contributed by atoms with Crippen LogP contribution in [0.25, 0.3) is 11.1 Å². The lowest BCUT2D eigenvalue weighted by molar-refractivity contribution is 0.0479. The summed E-state index contributed by atoms with van der Waals surface area (Å²) in [6, 6.07) is 13.8. The molecule has 1 heterocycles. The fourth-order valence-electron chi connectivity index (χ4n) is 2.22. The van der Waals surface area contributed by atoms with Crippen molar-refractivity contribution < 1.29 is 9.53 Å². The topological polar surface area (TPSA) is 26.3 Å². The molecule has 3 rings (SSSR count). The summed E-state index contributed by atoms with van der Waals surface area (Å²) in [5, 5.41) is 0. The van der Waals surface area contributed by atoms with Crippen molar-refractivity contribution >= 4 is 5.97 Å². The van der Waals surface area contributed by atoms with Crippen LogP contribution in [0.4, 0.5) is 0 Å². The third-order valence-corrected chi connectivity index (χ3v) is 3.06. The van der Waals surface area contributed by atoms with Gasteiger partial charge in [0.2, 0.25) is 0 Å². The molecular formula is C15H12O2. The van der Waals surface area contributed by atoms with Gasteiger partial charge in [0.1, 0.15) is 6.61 Å². The number of rotatable bonds is 0. The molecular weight excluding hydrogens is 212 g/mol. The summed E-state index contributed by atoms with van der Waals surface area (Å²) in [6.45, 7) is 2.39. The molecule has 1 aliphatic rings. The molecule has 2 aromatic carbocycles. The molecule has 0 saturated carbocycles. The second-order valence-corrected chi connectivity index (χ2v) is 4.28. The average molecular weight is 224 g/mol. The summed E-state index contributed by atoms with van der Waals surface area (Å²) < 4.78 is 5.27. The van der Waals surface area contributed by atoms with Crippen molar-refractivity contribution in [2.75, 3.05) is 0 Å². The third kappa shape index (κ3) is 1.62. The SMILES string of the molecule is Cc1ccc2c(c1)COC(=O)c1ccccc1-2. The van der Waals surface area contributed by atoms with Gasteiger partial charge in [0.05, 0.1) is 5.56 Å². The zero-order valence-electron chi connectivity index (χ0n) is 9.57. The number of carbonyl (C=O) groups excluding carboxylic acids is 1. The summed E-state index contributed by atoms with van der Waals surface area (Å²) in [5.74, 6) is -0.241. The van der Waals surface area contributed by atoms with E-state index in [1.807, 2.05) is 31.2 Å². The van der Waals surface area contributed by atoms with Gasteiger partial charge in [-0.3, -0.25) is 0 Å². The Morgan fingerprint density at radius 3 is 2.59 bits per heavy atom. The van der Waals surface area contributed by atoms with Crippen LogP contribution in [-0.2, 0) is 11.3 Å². The summed E-state index contributed by atoms with van der Waals surface area (Å²) in [4.78, 5) is 11.8. The van der Waals surface area contributed by atoms with Crippen LogP contribution in [0, 0.1) is 6.92 Å². The van der Waals surface area contributed by atoms with Crippen molar-refractivity contribution in [2.24, 2.45) is 0 Å². The second-order valence-electron chi connectivity index (χ2n) is 4.28. The predicted molar refractivity (Wildman–Crippen MR) is 65.7 cm³/mol. The van der Waals surface area contributed by atoms with E-state index in [1.165, 1.54) is 5.56 Å². The highest BCUT2D eigenvalue weighted by Crippen LogP contribution is 2.31. The minimum Gasteiger partial charge on any atom is -0.457 e. The molecule has 0 N–H and O–H groups in total. The number of aryl methyl sites for hydroxylation is 1. The van der Waals surface area contributed by atoms with Crippen LogP contribution in [0.3, 0.4) is 0 Å². The highest BCUT2D eigenvalue weighted by molar-refractivity contribution is 5.98. The van der Waals surface area contributed by atoms with Crippen molar-refractivity contribution in [1.82, 2.24) is 0 Å². The highest BCUT2D eigenvalue weighted by Gasteiger charge is 2.20. The van der Waals surface area contributed by atoms with Gasteiger partial charge in [0, 0.05) is 0 Å². The van der Waals surface area contributed by atoms with Gasteiger partial charge in [0.15, 0.2) is 0 Å². The Labute approximate surface area is 99.9 Å². The molecule has 0 saturated heterocycles. The van der Waals surface area contributed by atoms with Crippen LogP contribution in [0.15, 0.2) is 42.5 Å². The molecule has 0 spiro atoms. The molecule has 2 aromatic rings. The van der Waals surface area contributed by atoms with Crippen molar-refractivity contribution in [3.8, 4) is 11.1 Å². The number of fused-ring (bicyclic) bond motifs is 3. The first kappa shape index (κ1) is 10.1. The van der Waals surface area contributed by atoms with Gasteiger partial charge in [-0.25, -0.2) is 4.79 Å². The first-order valence-electron chi connectivity index (χ1n) is 5.62. The number of benzene rings is 2. The summed E-state index contributed by atoms with van der Waals surface area (Å²) in [6.07, 6.45) is 0. The Hall–Kier alpha value is -2.09. The normalized spacial score (nSPS) is 13.4. The number of cyclic esters (lactones) is 1. The molecule has 0 fully saturated rings. The average Bonchev–Trinajstić information content (AvgIpc) is 2.48. The van der Waals surface area contributed by atoms with Crippen LogP contribution in [-0.4, -0.2) is 5.97 Å². The predicted octanol–water partition coefficient (Wildman–Crippen LogP) is 3.33. The second kappa shape index (κ2) is 3.74. The minimum atomic E-state index is -0.241. The first-order valence-corrected chi connectivity index (χ1v) is 5.62. The fraction of sp³-hybridized carbons (Fsp3) is 0.133. The number of esters is 1. The highest BCUT2D eigenvalue weighted by atomic mass is 16.5. The lowest BCUT2D eigenvalue weighted by Gasteiger charge is -2.07. The Morgan fingerprint density at radius 2 is 1.76 bits per heavy atom. The molecule has 0 bridgehead atoms. The molecule has 2 nitrogen and oxygen atoms in total. The van der Waals surface area contributed by atoms with E-state index in [9.17, 15) is 4.79 Å². The summed E-state index contributed by atoms with van der Waals surface area (Å²) in [7, 11) is 0. The number of carbonyl (C=O) groups is 1. The summed E-state index contributed by atoms with van der Waals surface area (Å²) in [5.41, 5.74) is 4.96. The number of hydrogen-bond acceptors (Lipinski definition) is 2. The van der Waals surface area contributed by atoms with Crippen molar-refractivity contribution in [3.05, 3.63) is 59.2 Å². The van der Waals surface area contributed by atoms with Crippen LogP contribution in [0.1, 0.15) is 21.5 Å². The summed E-state index contributed by atoms with van der Waals surface area (Å²) >= 11 is 0. The van der Waals surface area contributed by atoms with Crippen LogP contribution in [0.2, 0.25) is 0 Å². The Kier molecular flexibility index (Phi) is 2.22. The standard InChI is InChI=1S/C15H12O2/c1-10-6-7-12-11(8-10)9-17-15(16)14-5-3-2-4-13(12)14/h2-8H,9H2,1H3. The lowest BCUT2D eigenvalue weighted by atomic mass is 9.95. The van der Waals surface area contributed by atoms with Crippen molar-refractivity contribution in [3.63, 3.8) is 0 Å². The van der Waals surface area contributed by atoms with E-state index in [4.69, 9.17) is 4.74 Å². The maximum Gasteiger partial charge on any atom is 0.339 e. The fourth-order valence-corrected chi connectivity index (χ4v) is 2.22. The van der Waals surface area contributed by atoms with Crippen molar-refractivity contribution in [2.45, 2.75) is 13.5 Å². The smallest absolute Gasteiger partial charge is 0.339 e. The van der Waals surface area contributed by atoms with Crippen LogP contribution < -0.4 is 0 Å². The molecule has 0 aliphatic carbocycles. The molecule has 2 heteroatoms. The van der Waals surface area contributed by atoms with Gasteiger partial charge >= 0.3 is 5.97 Å². The molecule has 84 valence electrons. The molecule has 0 atom stereocenters. The Balaban J connectivity index is 2.30. The van der Waals surface area contributed by atoms with E-state index in [1.54, 1.807) is 0 Å². The lowest BCUT2D eigenvalue weighted by Crippen LogP contribution is -2.02. The molecule has 0 radical (unpaired) electrons. The first-order chi connectivity index (χ1) is 8.25. The maximum absolute atomic E-state index is 11.8. The number of hydrogen-bond donors (Lipinski definition) is 0. The monoisotopic (exact) mass is 224 g/mol. The molecule has 17 heavy (non-hydrogen) atoms. The van der Waals surface area contributed by atoms with Gasteiger partial charge in [0.25, 0.3) is 0 Å². The number of ether oxygens (including phenoxy) is 1. The molecule has 0 aromatic heterocycles. The minimum absolute atomic E-state index is 0.241. The van der Waals surface area contributed by atoms with Crippen molar-refractivity contribution in [1.29, 1.82) is 0 Å². The van der Waals surface area contributed by atoms with E-state index < -0.39 is 0 Å². The van der Waals surface area contributed by atoms with Gasteiger partial charge in [-0.05, 0) is 29.7 Å². The van der Waals surface area contributed by atoms with Gasteiger partial charge in [-0.2, -0.15) is 0 Å².